The van der Waals surface area contributed by atoms with Crippen LogP contribution in [0.25, 0.3) is 0 Å². The van der Waals surface area contributed by atoms with Gasteiger partial charge in [-0.2, -0.15) is 0 Å². The van der Waals surface area contributed by atoms with E-state index in [4.69, 9.17) is 0 Å². The lowest BCUT2D eigenvalue weighted by molar-refractivity contribution is 0.0599. The Balaban J connectivity index is 2.07. The molecule has 5 nitrogen and oxygen atoms in total. The minimum Gasteiger partial charge on any atom is -0.360 e. The number of carbonyl (C=O) groups is 1. The van der Waals surface area contributed by atoms with Crippen molar-refractivity contribution in [1.29, 1.82) is 0 Å². The smallest absolute Gasteiger partial charge is 0.285 e. The van der Waals surface area contributed by atoms with E-state index in [2.05, 4.69) is 22.4 Å². The number of carbonyl (C=O) groups excluding carboxylic acids is 1. The summed E-state index contributed by atoms with van der Waals surface area (Å²) in [5.74, 6) is 0.0554. The third-order valence-electron chi connectivity index (χ3n) is 3.45. The van der Waals surface area contributed by atoms with Crippen LogP contribution in [0.15, 0.2) is 0 Å². The van der Waals surface area contributed by atoms with Gasteiger partial charge in [0.1, 0.15) is 0 Å². The fourth-order valence-electron chi connectivity index (χ4n) is 2.56. The molecule has 0 aromatic carbocycles. The van der Waals surface area contributed by atoms with Crippen LogP contribution in [0.5, 0.6) is 0 Å². The van der Waals surface area contributed by atoms with Crippen LogP contribution < -0.4 is 5.32 Å². The zero-order valence-corrected chi connectivity index (χ0v) is 12.5. The molecule has 0 saturated carbocycles. The van der Waals surface area contributed by atoms with Gasteiger partial charge in [0.2, 0.25) is 10.1 Å². The highest BCUT2D eigenvalue weighted by atomic mass is 32.1. The van der Waals surface area contributed by atoms with Gasteiger partial charge in [-0.3, -0.25) is 4.79 Å². The van der Waals surface area contributed by atoms with Crippen LogP contribution in [0.3, 0.4) is 0 Å². The van der Waals surface area contributed by atoms with Crippen molar-refractivity contribution in [3.63, 3.8) is 0 Å². The number of nitrogens with zero attached hydrogens (tertiary/aromatic N) is 3. The number of hydrogen-bond acceptors (Lipinski definition) is 5. The molecule has 0 radical (unpaired) electrons. The maximum absolute atomic E-state index is 12.5. The normalized spacial score (nSPS) is 19.5. The molecule has 1 saturated heterocycles. The Morgan fingerprint density at radius 2 is 2.26 bits per heavy atom. The first-order valence-corrected chi connectivity index (χ1v) is 7.96. The zero-order valence-electron chi connectivity index (χ0n) is 11.7. The summed E-state index contributed by atoms with van der Waals surface area (Å²) in [6, 6.07) is 0.387. The largest absolute Gasteiger partial charge is 0.360 e. The topological polar surface area (TPSA) is 58.1 Å². The van der Waals surface area contributed by atoms with E-state index in [0.717, 1.165) is 43.9 Å². The van der Waals surface area contributed by atoms with Gasteiger partial charge in [-0.15, -0.1) is 10.2 Å². The summed E-state index contributed by atoms with van der Waals surface area (Å²) in [6.45, 7) is 5.83. The molecule has 0 bridgehead atoms. The molecule has 0 aliphatic carbocycles. The van der Waals surface area contributed by atoms with E-state index in [0.29, 0.717) is 11.0 Å². The quantitative estimate of drug-likeness (QED) is 0.902. The number of hydrogen-bond donors (Lipinski definition) is 1. The van der Waals surface area contributed by atoms with Crippen molar-refractivity contribution in [2.24, 2.45) is 0 Å². The van der Waals surface area contributed by atoms with E-state index in [1.54, 1.807) is 0 Å². The molecular weight excluding hydrogens is 260 g/mol. The predicted molar refractivity (Wildman–Crippen MR) is 77.7 cm³/mol. The van der Waals surface area contributed by atoms with E-state index in [9.17, 15) is 4.79 Å². The number of rotatable bonds is 5. The van der Waals surface area contributed by atoms with Crippen LogP contribution in [0.4, 0.5) is 5.13 Å². The van der Waals surface area contributed by atoms with Crippen molar-refractivity contribution < 1.29 is 4.79 Å². The first-order chi connectivity index (χ1) is 9.26. The predicted octanol–water partition coefficient (Wildman–Crippen LogP) is 2.76. The first-order valence-electron chi connectivity index (χ1n) is 7.14. The van der Waals surface area contributed by atoms with Gasteiger partial charge in [0.25, 0.3) is 5.91 Å². The summed E-state index contributed by atoms with van der Waals surface area (Å²) in [6.07, 6.45) is 5.66. The molecule has 1 amide bonds. The van der Waals surface area contributed by atoms with Crippen molar-refractivity contribution in [3.05, 3.63) is 5.01 Å². The zero-order chi connectivity index (χ0) is 13.7. The molecule has 6 heteroatoms. The Labute approximate surface area is 118 Å². The molecule has 1 aliphatic rings. The van der Waals surface area contributed by atoms with Crippen LogP contribution in [-0.2, 0) is 0 Å². The first kappa shape index (κ1) is 14.2. The molecule has 1 fully saturated rings. The van der Waals surface area contributed by atoms with E-state index in [-0.39, 0.29) is 5.91 Å². The molecule has 106 valence electrons. The fraction of sp³-hybridized carbons (Fsp3) is 0.769. The Hall–Kier alpha value is -1.17. The van der Waals surface area contributed by atoms with Gasteiger partial charge in [0, 0.05) is 19.1 Å². The minimum absolute atomic E-state index is 0.0554. The lowest BCUT2D eigenvalue weighted by atomic mass is 9.98. The molecule has 1 atom stereocenters. The Kier molecular flexibility index (Phi) is 5.13. The lowest BCUT2D eigenvalue weighted by Gasteiger charge is -2.35. The molecular formula is C13H22N4OS. The van der Waals surface area contributed by atoms with Crippen molar-refractivity contribution in [2.45, 2.75) is 52.0 Å². The van der Waals surface area contributed by atoms with Crippen LogP contribution in [-0.4, -0.2) is 40.1 Å². The van der Waals surface area contributed by atoms with Gasteiger partial charge < -0.3 is 10.2 Å². The molecule has 0 spiro atoms. The second kappa shape index (κ2) is 6.84. The van der Waals surface area contributed by atoms with Crippen LogP contribution in [0.1, 0.15) is 55.8 Å². The second-order valence-electron chi connectivity index (χ2n) is 4.88. The minimum atomic E-state index is 0.0554. The molecule has 19 heavy (non-hydrogen) atoms. The number of amides is 1. The van der Waals surface area contributed by atoms with Crippen LogP contribution in [0, 0.1) is 0 Å². The highest BCUT2D eigenvalue weighted by Gasteiger charge is 2.28. The number of nitrogens with one attached hydrogen (secondary N) is 1. The van der Waals surface area contributed by atoms with Gasteiger partial charge in [-0.1, -0.05) is 24.7 Å². The molecule has 1 N–H and O–H groups in total. The Morgan fingerprint density at radius 1 is 1.42 bits per heavy atom. The van der Waals surface area contributed by atoms with E-state index < -0.39 is 0 Å². The molecule has 1 aromatic heterocycles. The van der Waals surface area contributed by atoms with Gasteiger partial charge in [0.05, 0.1) is 0 Å². The number of piperidine rings is 1. The Morgan fingerprint density at radius 3 is 3.00 bits per heavy atom. The van der Waals surface area contributed by atoms with E-state index in [1.807, 2.05) is 11.8 Å². The van der Waals surface area contributed by atoms with Gasteiger partial charge >= 0.3 is 0 Å². The van der Waals surface area contributed by atoms with Crippen molar-refractivity contribution >= 4 is 22.4 Å². The standard InChI is InChI=1S/C13H22N4OS/c1-3-7-10-8-5-6-9-17(10)12(18)11-15-16-13(19-11)14-4-2/h10H,3-9H2,1-2H3,(H,14,16). The molecule has 1 aliphatic heterocycles. The summed E-state index contributed by atoms with van der Waals surface area (Å²) >= 11 is 1.35. The van der Waals surface area contributed by atoms with Crippen molar-refractivity contribution in [2.75, 3.05) is 18.4 Å². The lowest BCUT2D eigenvalue weighted by Crippen LogP contribution is -2.43. The number of aromatic nitrogens is 2. The Bertz CT molecular complexity index is 419. The molecule has 1 unspecified atom stereocenters. The van der Waals surface area contributed by atoms with E-state index in [1.165, 1.54) is 17.8 Å². The number of anilines is 1. The number of likely N-dealkylation sites (tertiary alicyclic amines) is 1. The van der Waals surface area contributed by atoms with Gasteiger partial charge in [0.15, 0.2) is 0 Å². The SMILES string of the molecule is CCCC1CCCCN1C(=O)c1nnc(NCC)s1. The molecule has 2 heterocycles. The summed E-state index contributed by atoms with van der Waals surface area (Å²) in [7, 11) is 0. The average Bonchev–Trinajstić information content (AvgIpc) is 2.88. The van der Waals surface area contributed by atoms with Crippen LogP contribution in [0.2, 0.25) is 0 Å². The third-order valence-corrected chi connectivity index (χ3v) is 4.31. The van der Waals surface area contributed by atoms with Crippen LogP contribution >= 0.6 is 11.3 Å². The maximum Gasteiger partial charge on any atom is 0.285 e. The van der Waals surface area contributed by atoms with Crippen molar-refractivity contribution in [3.8, 4) is 0 Å². The monoisotopic (exact) mass is 282 g/mol. The summed E-state index contributed by atoms with van der Waals surface area (Å²) in [5, 5.41) is 12.4. The average molecular weight is 282 g/mol. The van der Waals surface area contributed by atoms with Gasteiger partial charge in [-0.25, -0.2) is 0 Å². The molecule has 2 rings (SSSR count). The summed E-state index contributed by atoms with van der Waals surface area (Å²) < 4.78 is 0. The summed E-state index contributed by atoms with van der Waals surface area (Å²) in [5.41, 5.74) is 0. The highest BCUT2D eigenvalue weighted by Crippen LogP contribution is 2.24. The van der Waals surface area contributed by atoms with Crippen molar-refractivity contribution in [1.82, 2.24) is 15.1 Å². The highest BCUT2D eigenvalue weighted by molar-refractivity contribution is 7.17. The summed E-state index contributed by atoms with van der Waals surface area (Å²) in [4.78, 5) is 14.5. The van der Waals surface area contributed by atoms with E-state index >= 15 is 0 Å². The van der Waals surface area contributed by atoms with Gasteiger partial charge in [-0.05, 0) is 32.6 Å². The maximum atomic E-state index is 12.5. The fourth-order valence-corrected chi connectivity index (χ4v) is 3.32. The molecule has 1 aromatic rings. The third kappa shape index (κ3) is 3.43. The second-order valence-corrected chi connectivity index (χ2v) is 5.86.